The van der Waals surface area contributed by atoms with Crippen LogP contribution in [0.5, 0.6) is 0 Å². The first-order chi connectivity index (χ1) is 7.56. The molecule has 0 unspecified atom stereocenters. The second-order valence-electron chi connectivity index (χ2n) is 2.80. The molecule has 1 aromatic carbocycles. The van der Waals surface area contributed by atoms with Crippen LogP contribution in [0, 0.1) is 0 Å². The molecule has 0 bridgehead atoms. The number of hydrogen-bond acceptors (Lipinski definition) is 3. The van der Waals surface area contributed by atoms with Crippen LogP contribution in [0.25, 0.3) is 0 Å². The van der Waals surface area contributed by atoms with Gasteiger partial charge in [0.15, 0.2) is 0 Å². The van der Waals surface area contributed by atoms with Crippen molar-refractivity contribution in [3.8, 4) is 0 Å². The topological polar surface area (TPSA) is 12.4 Å². The fourth-order valence-corrected chi connectivity index (χ4v) is 4.29. The summed E-state index contributed by atoms with van der Waals surface area (Å²) >= 11 is 23.5. The molecule has 0 saturated heterocycles. The van der Waals surface area contributed by atoms with E-state index in [1.54, 1.807) is 18.2 Å². The van der Waals surface area contributed by atoms with Crippen LogP contribution in [0.1, 0.15) is 0 Å². The average Bonchev–Trinajstić information content (AvgIpc) is 2.48. The Hall–Kier alpha value is 0.230. The fourth-order valence-electron chi connectivity index (χ4n) is 1.02. The molecule has 16 heavy (non-hydrogen) atoms. The molecule has 0 atom stereocenters. The molecule has 0 aliphatic heterocycles. The van der Waals surface area contributed by atoms with Crippen molar-refractivity contribution < 1.29 is 0 Å². The van der Waals surface area contributed by atoms with Crippen LogP contribution < -0.4 is 4.67 Å². The monoisotopic (exact) mass is 329 g/mol. The average molecular weight is 331 g/mol. The van der Waals surface area contributed by atoms with Crippen molar-refractivity contribution in [2.75, 3.05) is 0 Å². The molecule has 0 radical (unpaired) electrons. The predicted molar refractivity (Wildman–Crippen MR) is 73.9 cm³/mol. The molecule has 1 heterocycles. The van der Waals surface area contributed by atoms with Gasteiger partial charge < -0.3 is 0 Å². The van der Waals surface area contributed by atoms with Gasteiger partial charge in [0.25, 0.3) is 0 Å². The minimum Gasteiger partial charge on any atom is -0.236 e. The lowest BCUT2D eigenvalue weighted by Gasteiger charge is -1.95. The SMILES string of the molecule is Clc1cc(Cl)cc(N=c2ssc(Cl)c2Cl)c1. The summed E-state index contributed by atoms with van der Waals surface area (Å²) < 4.78 is 1.20. The van der Waals surface area contributed by atoms with E-state index in [0.717, 1.165) is 0 Å². The number of rotatable bonds is 1. The summed E-state index contributed by atoms with van der Waals surface area (Å²) in [5.41, 5.74) is 0.658. The molecular formula is C9H3Cl4NS2. The molecular weight excluding hydrogens is 328 g/mol. The molecule has 0 aliphatic rings. The highest BCUT2D eigenvalue weighted by Crippen LogP contribution is 2.29. The van der Waals surface area contributed by atoms with E-state index in [1.807, 2.05) is 0 Å². The Morgan fingerprint density at radius 3 is 2.00 bits per heavy atom. The van der Waals surface area contributed by atoms with Crippen molar-refractivity contribution >= 4 is 72.8 Å². The fraction of sp³-hybridized carbons (Fsp3) is 0. The van der Waals surface area contributed by atoms with E-state index in [2.05, 4.69) is 4.99 Å². The van der Waals surface area contributed by atoms with Crippen molar-refractivity contribution in [3.63, 3.8) is 0 Å². The van der Waals surface area contributed by atoms with Gasteiger partial charge in [0.05, 0.1) is 5.69 Å². The van der Waals surface area contributed by atoms with Gasteiger partial charge in [-0.15, -0.1) is 0 Å². The van der Waals surface area contributed by atoms with Crippen LogP contribution >= 0.6 is 67.1 Å². The van der Waals surface area contributed by atoms with Crippen molar-refractivity contribution in [2.24, 2.45) is 4.99 Å². The summed E-state index contributed by atoms with van der Waals surface area (Å²) in [7, 11) is 2.78. The zero-order chi connectivity index (χ0) is 11.7. The Morgan fingerprint density at radius 2 is 1.50 bits per heavy atom. The zero-order valence-electron chi connectivity index (χ0n) is 7.51. The van der Waals surface area contributed by atoms with Crippen LogP contribution in [-0.2, 0) is 0 Å². The van der Waals surface area contributed by atoms with Crippen LogP contribution in [0.3, 0.4) is 0 Å². The summed E-state index contributed by atoms with van der Waals surface area (Å²) in [6.45, 7) is 0. The van der Waals surface area contributed by atoms with E-state index < -0.39 is 0 Å². The summed E-state index contributed by atoms with van der Waals surface area (Å²) in [6.07, 6.45) is 0. The van der Waals surface area contributed by atoms with E-state index in [4.69, 9.17) is 46.4 Å². The van der Waals surface area contributed by atoms with Gasteiger partial charge in [0.2, 0.25) is 0 Å². The lowest BCUT2D eigenvalue weighted by atomic mass is 10.3. The zero-order valence-corrected chi connectivity index (χ0v) is 12.2. The third-order valence-electron chi connectivity index (χ3n) is 1.63. The maximum Gasteiger partial charge on any atom is 0.147 e. The van der Waals surface area contributed by atoms with Crippen LogP contribution in [-0.4, -0.2) is 0 Å². The first kappa shape index (κ1) is 12.7. The molecule has 0 spiro atoms. The predicted octanol–water partition coefficient (Wildman–Crippen LogP) is 5.66. The smallest absolute Gasteiger partial charge is 0.147 e. The number of nitrogens with zero attached hydrogens (tertiary/aromatic N) is 1. The van der Waals surface area contributed by atoms with Crippen LogP contribution in [0.15, 0.2) is 23.2 Å². The van der Waals surface area contributed by atoms with E-state index >= 15 is 0 Å². The lowest BCUT2D eigenvalue weighted by molar-refractivity contribution is 1.41. The maximum atomic E-state index is 5.97. The molecule has 0 aliphatic carbocycles. The lowest BCUT2D eigenvalue weighted by Crippen LogP contribution is -1.91. The first-order valence-electron chi connectivity index (χ1n) is 4.01. The standard InChI is InChI=1S/C9H3Cl4NS2/c10-4-1-5(11)3-6(2-4)14-9-7(12)8(13)15-16-9/h1-3H. The maximum absolute atomic E-state index is 5.97. The molecule has 0 fully saturated rings. The molecule has 1 aromatic heterocycles. The van der Waals surface area contributed by atoms with E-state index in [1.165, 1.54) is 20.7 Å². The minimum absolute atomic E-state index is 0.466. The molecule has 0 saturated carbocycles. The summed E-state index contributed by atoms with van der Waals surface area (Å²) in [5.74, 6) is 0. The van der Waals surface area contributed by atoms with Crippen molar-refractivity contribution in [1.29, 1.82) is 0 Å². The summed E-state index contributed by atoms with van der Waals surface area (Å²) in [5, 5.41) is 1.54. The molecule has 7 heteroatoms. The van der Waals surface area contributed by atoms with Gasteiger partial charge in [-0.25, -0.2) is 4.99 Å². The Morgan fingerprint density at radius 1 is 0.875 bits per heavy atom. The Labute approximate surface area is 119 Å². The molecule has 2 rings (SSSR count). The number of benzene rings is 1. The van der Waals surface area contributed by atoms with Gasteiger partial charge in [-0.1, -0.05) is 67.1 Å². The van der Waals surface area contributed by atoms with Crippen molar-refractivity contribution in [1.82, 2.24) is 0 Å². The number of halogens is 4. The molecule has 0 N–H and O–H groups in total. The van der Waals surface area contributed by atoms with E-state index in [0.29, 0.717) is 29.8 Å². The molecule has 84 valence electrons. The Kier molecular flexibility index (Phi) is 4.16. The van der Waals surface area contributed by atoms with Gasteiger partial charge >= 0.3 is 0 Å². The largest absolute Gasteiger partial charge is 0.236 e. The minimum atomic E-state index is 0.466. The Bertz CT molecular complexity index is 567. The van der Waals surface area contributed by atoms with Crippen molar-refractivity contribution in [3.05, 3.63) is 42.3 Å². The summed E-state index contributed by atoms with van der Waals surface area (Å²) in [4.78, 5) is 4.33. The van der Waals surface area contributed by atoms with Crippen LogP contribution in [0.4, 0.5) is 5.69 Å². The first-order valence-corrected chi connectivity index (χ1v) is 7.67. The second-order valence-corrected chi connectivity index (χ2v) is 6.78. The summed E-state index contributed by atoms with van der Waals surface area (Å²) in [6, 6.07) is 5.07. The van der Waals surface area contributed by atoms with Gasteiger partial charge in [0.1, 0.15) is 14.0 Å². The third-order valence-corrected chi connectivity index (χ3v) is 5.56. The Balaban J connectivity index is 2.54. The van der Waals surface area contributed by atoms with Crippen molar-refractivity contribution in [2.45, 2.75) is 0 Å². The van der Waals surface area contributed by atoms with E-state index in [-0.39, 0.29) is 0 Å². The van der Waals surface area contributed by atoms with Gasteiger partial charge in [0, 0.05) is 10.0 Å². The van der Waals surface area contributed by atoms with E-state index in [9.17, 15) is 0 Å². The van der Waals surface area contributed by atoms with Gasteiger partial charge in [-0.05, 0) is 18.2 Å². The molecule has 2 aromatic rings. The highest BCUT2D eigenvalue weighted by atomic mass is 35.5. The third kappa shape index (κ3) is 2.92. The normalized spacial score (nSPS) is 12.1. The highest BCUT2D eigenvalue weighted by molar-refractivity contribution is 7.69. The second kappa shape index (κ2) is 5.25. The molecule has 1 nitrogen and oxygen atoms in total. The van der Waals surface area contributed by atoms with Gasteiger partial charge in [-0.2, -0.15) is 0 Å². The highest BCUT2D eigenvalue weighted by Gasteiger charge is 2.04. The van der Waals surface area contributed by atoms with Crippen LogP contribution in [0.2, 0.25) is 19.4 Å². The molecule has 0 amide bonds. The van der Waals surface area contributed by atoms with Gasteiger partial charge in [-0.3, -0.25) is 0 Å². The number of hydrogen-bond donors (Lipinski definition) is 0. The quantitative estimate of drug-likeness (QED) is 0.598.